The molecular weight excluding hydrogens is 373 g/mol. The number of hydrogen-bond donors (Lipinski definition) is 2. The number of nitrogens with zero attached hydrogens (tertiary/aromatic N) is 1. The van der Waals surface area contributed by atoms with Crippen LogP contribution < -0.4 is 9.49 Å². The van der Waals surface area contributed by atoms with Crippen molar-refractivity contribution in [2.24, 2.45) is 5.14 Å². The molecule has 21 heavy (non-hydrogen) atoms. The molecule has 3 N–H and O–H groups in total. The van der Waals surface area contributed by atoms with E-state index in [0.29, 0.717) is 11.3 Å². The van der Waals surface area contributed by atoms with Crippen LogP contribution in [0.15, 0.2) is 47.4 Å². The van der Waals surface area contributed by atoms with Gasteiger partial charge in [0.2, 0.25) is 0 Å². The van der Waals surface area contributed by atoms with Crippen LogP contribution >= 0.6 is 12.4 Å². The third kappa shape index (κ3) is 3.14. The van der Waals surface area contributed by atoms with Gasteiger partial charge in [-0.1, -0.05) is 0 Å². The van der Waals surface area contributed by atoms with Crippen LogP contribution in [0.3, 0.4) is 0 Å². The minimum atomic E-state index is -3.72. The molecule has 1 heterocycles. The van der Waals surface area contributed by atoms with Gasteiger partial charge in [0.15, 0.2) is 0 Å². The third-order valence-electron chi connectivity index (χ3n) is 2.98. The molecule has 0 aliphatic carbocycles. The van der Waals surface area contributed by atoms with Gasteiger partial charge in [-0.3, -0.25) is 0 Å². The van der Waals surface area contributed by atoms with Gasteiger partial charge in [-0.25, -0.2) is 0 Å². The number of nitrogens with one attached hydrogen (secondary N) is 1. The van der Waals surface area contributed by atoms with Crippen molar-refractivity contribution >= 4 is 54.5 Å². The normalized spacial score (nSPS) is 11.3. The average Bonchev–Trinajstić information content (AvgIpc) is 2.81. The summed E-state index contributed by atoms with van der Waals surface area (Å²) in [6, 6.07) is 12.3. The number of aromatic nitrogens is 2. The number of fused-ring (bicyclic) bond motifs is 1. The summed E-state index contributed by atoms with van der Waals surface area (Å²) in [5.41, 5.74) is 2.31. The SMILES string of the molecule is Cl.NS(=O)(=O)c1cccc(-c2n[nH]c3ccc([As])cc23)c1. The van der Waals surface area contributed by atoms with Crippen LogP contribution in [0.5, 0.6) is 0 Å². The summed E-state index contributed by atoms with van der Waals surface area (Å²) in [4.78, 5) is 0.0783. The molecule has 5 nitrogen and oxygen atoms in total. The van der Waals surface area contributed by atoms with Crippen LogP contribution in [0.4, 0.5) is 0 Å². The van der Waals surface area contributed by atoms with E-state index in [2.05, 4.69) is 27.1 Å². The fourth-order valence-electron chi connectivity index (χ4n) is 2.04. The van der Waals surface area contributed by atoms with E-state index in [1.54, 1.807) is 6.07 Å². The maximum absolute atomic E-state index is 11.4. The summed E-state index contributed by atoms with van der Waals surface area (Å²) in [5, 5.41) is 13.3. The van der Waals surface area contributed by atoms with Crippen LogP contribution in [0.2, 0.25) is 0 Å². The second-order valence-electron chi connectivity index (χ2n) is 4.37. The Morgan fingerprint density at radius 2 is 1.90 bits per heavy atom. The second-order valence-corrected chi connectivity index (χ2v) is 7.02. The Hall–Kier alpha value is -1.33. The molecular formula is C13H11AsClN3O2S. The Bertz CT molecular complexity index is 909. The topological polar surface area (TPSA) is 88.8 Å². The zero-order valence-electron chi connectivity index (χ0n) is 10.6. The van der Waals surface area contributed by atoms with Gasteiger partial charge in [0.05, 0.1) is 0 Å². The van der Waals surface area contributed by atoms with Crippen LogP contribution in [-0.4, -0.2) is 35.5 Å². The molecule has 0 unspecified atom stereocenters. The van der Waals surface area contributed by atoms with Crippen molar-refractivity contribution in [2.45, 2.75) is 4.90 Å². The standard InChI is InChI=1S/C13H10AsN3O2S.ClH/c14-9-4-5-12-11(7-9)13(17-16-12)8-2-1-3-10(6-8)20(15,18)19;/h1-7H,(H,16,17)(H2,15,18,19);1H. The molecule has 0 amide bonds. The van der Waals surface area contributed by atoms with Gasteiger partial charge < -0.3 is 0 Å². The Balaban J connectivity index is 0.00000161. The molecule has 0 saturated carbocycles. The van der Waals surface area contributed by atoms with Crippen molar-refractivity contribution in [1.29, 1.82) is 0 Å². The van der Waals surface area contributed by atoms with Crippen LogP contribution in [0, 0.1) is 0 Å². The van der Waals surface area contributed by atoms with Crippen LogP contribution in [0.1, 0.15) is 0 Å². The summed E-state index contributed by atoms with van der Waals surface area (Å²) >= 11 is 2.47. The van der Waals surface area contributed by atoms with E-state index in [-0.39, 0.29) is 17.3 Å². The monoisotopic (exact) mass is 383 g/mol. The third-order valence-corrected chi connectivity index (χ3v) is 4.48. The molecule has 0 fully saturated rings. The Kier molecular flexibility index (Phi) is 4.44. The van der Waals surface area contributed by atoms with Gasteiger partial charge in [0, 0.05) is 0 Å². The summed E-state index contributed by atoms with van der Waals surface area (Å²) in [5.74, 6) is 0. The number of sulfonamides is 1. The molecule has 8 heteroatoms. The molecule has 0 spiro atoms. The first-order valence-electron chi connectivity index (χ1n) is 5.75. The summed E-state index contributed by atoms with van der Waals surface area (Å²) < 4.78 is 23.9. The molecule has 0 saturated heterocycles. The zero-order valence-corrected chi connectivity index (χ0v) is 14.2. The number of halogens is 1. The number of nitrogens with two attached hydrogens (primary N) is 1. The molecule has 0 aliphatic rings. The Morgan fingerprint density at radius 1 is 1.14 bits per heavy atom. The maximum atomic E-state index is 11.4. The molecule has 2 radical (unpaired) electrons. The van der Waals surface area contributed by atoms with E-state index in [9.17, 15) is 8.42 Å². The quantitative estimate of drug-likeness (QED) is 0.649. The van der Waals surface area contributed by atoms with Gasteiger partial charge in [-0.05, 0) is 0 Å². The van der Waals surface area contributed by atoms with E-state index >= 15 is 0 Å². The van der Waals surface area contributed by atoms with Gasteiger partial charge in [-0.2, -0.15) is 0 Å². The first kappa shape index (κ1) is 16.0. The molecule has 3 rings (SSSR count). The van der Waals surface area contributed by atoms with Crippen molar-refractivity contribution in [3.8, 4) is 11.3 Å². The zero-order chi connectivity index (χ0) is 14.3. The van der Waals surface area contributed by atoms with Gasteiger partial charge in [0.25, 0.3) is 0 Å². The van der Waals surface area contributed by atoms with E-state index in [1.165, 1.54) is 12.1 Å². The van der Waals surface area contributed by atoms with Crippen molar-refractivity contribution in [1.82, 2.24) is 10.2 Å². The summed E-state index contributed by atoms with van der Waals surface area (Å²) in [7, 11) is -3.72. The van der Waals surface area contributed by atoms with Gasteiger partial charge in [-0.15, -0.1) is 12.4 Å². The molecule has 0 atom stereocenters. The number of H-pyrrole nitrogens is 1. The Labute approximate surface area is 136 Å². The summed E-state index contributed by atoms with van der Waals surface area (Å²) in [6.07, 6.45) is 0. The average molecular weight is 384 g/mol. The molecule has 2 aromatic carbocycles. The predicted octanol–water partition coefficient (Wildman–Crippen LogP) is 1.09. The molecule has 3 aromatic rings. The van der Waals surface area contributed by atoms with Gasteiger partial charge in [0.1, 0.15) is 0 Å². The first-order chi connectivity index (χ1) is 9.45. The number of rotatable bonds is 2. The number of hydrogen-bond acceptors (Lipinski definition) is 3. The van der Waals surface area contributed by atoms with Crippen molar-refractivity contribution < 1.29 is 8.42 Å². The van der Waals surface area contributed by atoms with E-state index in [1.807, 2.05) is 24.3 Å². The van der Waals surface area contributed by atoms with Crippen LogP contribution in [-0.2, 0) is 10.0 Å². The number of benzene rings is 2. The fraction of sp³-hybridized carbons (Fsp3) is 0. The van der Waals surface area contributed by atoms with Crippen molar-refractivity contribution in [2.75, 3.05) is 0 Å². The van der Waals surface area contributed by atoms with Crippen molar-refractivity contribution in [3.63, 3.8) is 0 Å². The fourth-order valence-corrected chi connectivity index (χ4v) is 3.03. The second kappa shape index (κ2) is 5.81. The van der Waals surface area contributed by atoms with E-state index in [4.69, 9.17) is 5.14 Å². The molecule has 0 bridgehead atoms. The predicted molar refractivity (Wildman–Crippen MR) is 85.5 cm³/mol. The van der Waals surface area contributed by atoms with Gasteiger partial charge >= 0.3 is 125 Å². The molecule has 1 aromatic heterocycles. The van der Waals surface area contributed by atoms with E-state index < -0.39 is 10.0 Å². The number of primary sulfonamides is 1. The Morgan fingerprint density at radius 3 is 2.62 bits per heavy atom. The number of aromatic amines is 1. The molecule has 0 aliphatic heterocycles. The van der Waals surface area contributed by atoms with Crippen LogP contribution in [0.25, 0.3) is 22.2 Å². The van der Waals surface area contributed by atoms with Crippen molar-refractivity contribution in [3.05, 3.63) is 42.5 Å². The minimum absolute atomic E-state index is 0. The first-order valence-corrected chi connectivity index (χ1v) is 8.24. The summed E-state index contributed by atoms with van der Waals surface area (Å²) in [6.45, 7) is 0. The van der Waals surface area contributed by atoms with E-state index in [0.717, 1.165) is 15.3 Å². The molecule has 108 valence electrons.